The van der Waals surface area contributed by atoms with Crippen LogP contribution in [-0.4, -0.2) is 36.4 Å². The zero-order valence-corrected chi connectivity index (χ0v) is 26.4. The van der Waals surface area contributed by atoms with E-state index in [0.717, 1.165) is 51.4 Å². The highest BCUT2D eigenvalue weighted by atomic mass is 16.6. The fourth-order valence-electron chi connectivity index (χ4n) is 4.63. The molecule has 1 atom stereocenters. The Morgan fingerprint density at radius 3 is 1.55 bits per heavy atom. The van der Waals surface area contributed by atoms with E-state index >= 15 is 0 Å². The third kappa shape index (κ3) is 29.4. The molecule has 0 radical (unpaired) electrons. The van der Waals surface area contributed by atoms with Gasteiger partial charge in [-0.1, -0.05) is 141 Å². The Morgan fingerprint density at radius 2 is 1.02 bits per heavy atom. The van der Waals surface area contributed by atoms with E-state index in [1.807, 2.05) is 0 Å². The number of aliphatic hydroxyl groups is 1. The third-order valence-corrected chi connectivity index (χ3v) is 7.25. The number of aliphatic hydroxyl groups excluding tert-OH is 1. The van der Waals surface area contributed by atoms with Crippen molar-refractivity contribution in [2.75, 3.05) is 13.2 Å². The normalized spacial score (nSPS) is 12.4. The molecule has 0 aromatic carbocycles. The molecule has 0 rings (SSSR count). The van der Waals surface area contributed by atoms with E-state index in [1.165, 1.54) is 89.9 Å². The van der Waals surface area contributed by atoms with Gasteiger partial charge >= 0.3 is 11.9 Å². The predicted molar refractivity (Wildman–Crippen MR) is 168 cm³/mol. The van der Waals surface area contributed by atoms with Gasteiger partial charge < -0.3 is 14.6 Å². The van der Waals surface area contributed by atoms with Crippen LogP contribution in [0.5, 0.6) is 0 Å². The van der Waals surface area contributed by atoms with Gasteiger partial charge in [0.25, 0.3) is 0 Å². The number of unbranched alkanes of at least 4 members (excludes halogenated alkanes) is 18. The molecular weight excluding hydrogens is 500 g/mol. The van der Waals surface area contributed by atoms with E-state index in [2.05, 4.69) is 38.2 Å². The Labute approximate surface area is 247 Å². The van der Waals surface area contributed by atoms with Crippen LogP contribution >= 0.6 is 0 Å². The molecule has 0 bridgehead atoms. The van der Waals surface area contributed by atoms with E-state index in [0.29, 0.717) is 12.8 Å². The van der Waals surface area contributed by atoms with E-state index < -0.39 is 6.10 Å². The van der Waals surface area contributed by atoms with Crippen molar-refractivity contribution in [1.82, 2.24) is 0 Å². The topological polar surface area (TPSA) is 72.8 Å². The van der Waals surface area contributed by atoms with Gasteiger partial charge in [0.1, 0.15) is 6.61 Å². The lowest BCUT2D eigenvalue weighted by molar-refractivity contribution is -0.161. The van der Waals surface area contributed by atoms with Gasteiger partial charge in [-0.05, 0) is 38.5 Å². The van der Waals surface area contributed by atoms with Crippen molar-refractivity contribution in [3.63, 3.8) is 0 Å². The van der Waals surface area contributed by atoms with Gasteiger partial charge in [0.05, 0.1) is 6.61 Å². The number of allylic oxidation sites excluding steroid dienone is 4. The molecule has 5 nitrogen and oxygen atoms in total. The molecule has 0 amide bonds. The number of hydrogen-bond acceptors (Lipinski definition) is 5. The number of rotatable bonds is 30. The molecule has 0 aromatic heterocycles. The highest BCUT2D eigenvalue weighted by Crippen LogP contribution is 2.13. The van der Waals surface area contributed by atoms with E-state index in [9.17, 15) is 14.7 Å². The molecule has 234 valence electrons. The van der Waals surface area contributed by atoms with Crippen LogP contribution in [-0.2, 0) is 19.1 Å². The van der Waals surface area contributed by atoms with Gasteiger partial charge in [0.2, 0.25) is 0 Å². The molecule has 0 spiro atoms. The summed E-state index contributed by atoms with van der Waals surface area (Å²) in [4.78, 5) is 24.1. The predicted octanol–water partition coefficient (Wildman–Crippen LogP) is 9.95. The van der Waals surface area contributed by atoms with Crippen LogP contribution in [0.3, 0.4) is 0 Å². The van der Waals surface area contributed by atoms with Gasteiger partial charge in [0, 0.05) is 12.8 Å². The summed E-state index contributed by atoms with van der Waals surface area (Å²) in [5.74, 6) is -0.606. The second-order valence-electron chi connectivity index (χ2n) is 11.2. The van der Waals surface area contributed by atoms with Crippen molar-refractivity contribution in [2.24, 2.45) is 0 Å². The molecule has 0 fully saturated rings. The molecule has 0 heterocycles. The Morgan fingerprint density at radius 1 is 0.575 bits per heavy atom. The Balaban J connectivity index is 3.60. The maximum atomic E-state index is 12.1. The second-order valence-corrected chi connectivity index (χ2v) is 11.2. The number of hydrogen-bond donors (Lipinski definition) is 1. The Hall–Kier alpha value is -1.62. The highest BCUT2D eigenvalue weighted by molar-refractivity contribution is 5.70. The van der Waals surface area contributed by atoms with E-state index in [1.54, 1.807) is 0 Å². The SMILES string of the molecule is CCCC/C=C/C/C=C/CCCCCCCC(=O)OC[C@H](CO)OC(=O)CCCCCCCCCCCCCC. The molecule has 1 N–H and O–H groups in total. The number of carbonyl (C=O) groups is 2. The van der Waals surface area contributed by atoms with Crippen molar-refractivity contribution in [1.29, 1.82) is 0 Å². The molecule has 40 heavy (non-hydrogen) atoms. The maximum absolute atomic E-state index is 12.1. The van der Waals surface area contributed by atoms with Crippen LogP contribution in [0, 0.1) is 0 Å². The van der Waals surface area contributed by atoms with Crippen LogP contribution in [0.2, 0.25) is 0 Å². The Bertz CT molecular complexity index is 613. The molecule has 0 aromatic rings. The average Bonchev–Trinajstić information content (AvgIpc) is 2.96. The van der Waals surface area contributed by atoms with Crippen LogP contribution in [0.15, 0.2) is 24.3 Å². The van der Waals surface area contributed by atoms with Crippen LogP contribution < -0.4 is 0 Å². The quantitative estimate of drug-likeness (QED) is 0.0534. The summed E-state index contributed by atoms with van der Waals surface area (Å²) < 4.78 is 10.5. The molecule has 5 heteroatoms. The summed E-state index contributed by atoms with van der Waals surface area (Å²) in [6, 6.07) is 0. The van der Waals surface area contributed by atoms with Crippen LogP contribution in [0.1, 0.15) is 168 Å². The average molecular weight is 565 g/mol. The zero-order valence-electron chi connectivity index (χ0n) is 26.4. The van der Waals surface area contributed by atoms with Crippen molar-refractivity contribution < 1.29 is 24.2 Å². The van der Waals surface area contributed by atoms with Crippen LogP contribution in [0.4, 0.5) is 0 Å². The summed E-state index contributed by atoms with van der Waals surface area (Å²) in [7, 11) is 0. The standard InChI is InChI=1S/C35H64O5/c1-3-5-7-9-11-13-15-17-18-20-21-23-25-27-29-34(37)39-32-33(31-36)40-35(38)30-28-26-24-22-19-16-14-12-10-8-6-4-2/h9,11,15,17,33,36H,3-8,10,12-14,16,18-32H2,1-2H3/b11-9+,17-15+/t33-/m0/s1. The first-order valence-corrected chi connectivity index (χ1v) is 16.9. The fourth-order valence-corrected chi connectivity index (χ4v) is 4.63. The monoisotopic (exact) mass is 564 g/mol. The first kappa shape index (κ1) is 38.4. The van der Waals surface area contributed by atoms with Gasteiger partial charge in [-0.15, -0.1) is 0 Å². The number of esters is 2. The van der Waals surface area contributed by atoms with Gasteiger partial charge in [-0.25, -0.2) is 0 Å². The summed E-state index contributed by atoms with van der Waals surface area (Å²) >= 11 is 0. The molecule has 0 aliphatic heterocycles. The molecule has 0 saturated carbocycles. The van der Waals surface area contributed by atoms with Crippen molar-refractivity contribution in [3.8, 4) is 0 Å². The maximum Gasteiger partial charge on any atom is 0.306 e. The first-order chi connectivity index (χ1) is 19.6. The van der Waals surface area contributed by atoms with Crippen molar-refractivity contribution in [2.45, 2.75) is 174 Å². The minimum absolute atomic E-state index is 0.0698. The summed E-state index contributed by atoms with van der Waals surface area (Å²) in [6.07, 6.45) is 35.1. The number of carbonyl (C=O) groups excluding carboxylic acids is 2. The molecule has 0 saturated heterocycles. The van der Waals surface area contributed by atoms with Crippen molar-refractivity contribution >= 4 is 11.9 Å². The van der Waals surface area contributed by atoms with E-state index in [4.69, 9.17) is 9.47 Å². The van der Waals surface area contributed by atoms with Crippen LogP contribution in [0.25, 0.3) is 0 Å². The highest BCUT2D eigenvalue weighted by Gasteiger charge is 2.16. The van der Waals surface area contributed by atoms with Gasteiger partial charge in [0.15, 0.2) is 6.10 Å². The summed E-state index contributed by atoms with van der Waals surface area (Å²) in [5.41, 5.74) is 0. The lowest BCUT2D eigenvalue weighted by Crippen LogP contribution is -2.28. The van der Waals surface area contributed by atoms with E-state index in [-0.39, 0.29) is 25.2 Å². The zero-order chi connectivity index (χ0) is 29.4. The largest absolute Gasteiger partial charge is 0.462 e. The molecule has 0 aliphatic carbocycles. The molecular formula is C35H64O5. The molecule has 0 aliphatic rings. The summed E-state index contributed by atoms with van der Waals surface area (Å²) in [5, 5.41) is 9.49. The second kappa shape index (κ2) is 31.9. The van der Waals surface area contributed by atoms with Gasteiger partial charge in [-0.3, -0.25) is 9.59 Å². The molecule has 0 unspecified atom stereocenters. The smallest absolute Gasteiger partial charge is 0.306 e. The minimum Gasteiger partial charge on any atom is -0.462 e. The summed E-state index contributed by atoms with van der Waals surface area (Å²) in [6.45, 7) is 4.07. The van der Waals surface area contributed by atoms with Gasteiger partial charge in [-0.2, -0.15) is 0 Å². The lowest BCUT2D eigenvalue weighted by Gasteiger charge is -2.15. The number of ether oxygens (including phenoxy) is 2. The first-order valence-electron chi connectivity index (χ1n) is 16.9. The Kier molecular flexibility index (Phi) is 30.6. The van der Waals surface area contributed by atoms with Crippen molar-refractivity contribution in [3.05, 3.63) is 24.3 Å². The minimum atomic E-state index is -0.770. The fraction of sp³-hybridized carbons (Fsp3) is 0.829. The third-order valence-electron chi connectivity index (χ3n) is 7.25. The lowest BCUT2D eigenvalue weighted by atomic mass is 10.0.